The molecule has 0 bridgehead atoms. The molecule has 0 spiro atoms. The van der Waals surface area contributed by atoms with E-state index in [1.165, 1.54) is 0 Å². The predicted octanol–water partition coefficient (Wildman–Crippen LogP) is 2.25. The highest BCUT2D eigenvalue weighted by Crippen LogP contribution is 2.20. The summed E-state index contributed by atoms with van der Waals surface area (Å²) < 4.78 is 27.1. The lowest BCUT2D eigenvalue weighted by molar-refractivity contribution is 0.558. The summed E-state index contributed by atoms with van der Waals surface area (Å²) >= 11 is 0. The smallest absolute Gasteiger partial charge is 0.232 e. The molecule has 1 aromatic carbocycles. The molecule has 86 valence electrons. The zero-order chi connectivity index (χ0) is 11.8. The molecule has 0 saturated heterocycles. The Hall–Kier alpha value is -1.07. The fraction of sp³-hybridized carbons (Fsp3) is 0.300. The van der Waals surface area contributed by atoms with Crippen LogP contribution in [0.25, 0.3) is 11.1 Å². The van der Waals surface area contributed by atoms with E-state index in [9.17, 15) is 8.42 Å². The van der Waals surface area contributed by atoms with E-state index in [0.29, 0.717) is 17.9 Å². The van der Waals surface area contributed by atoms with Gasteiger partial charge in [-0.15, -0.1) is 0 Å². The second-order valence-corrected chi connectivity index (χ2v) is 6.39. The van der Waals surface area contributed by atoms with Gasteiger partial charge in [-0.3, -0.25) is 0 Å². The molecule has 1 heterocycles. The largest absolute Gasteiger partial charge is 0.441 e. The first kappa shape index (κ1) is 11.4. The first-order valence-corrected chi connectivity index (χ1v) is 7.21. The number of hydrogen-bond acceptors (Lipinski definition) is 4. The topological polar surface area (TPSA) is 60.2 Å². The van der Waals surface area contributed by atoms with Crippen LogP contribution >= 0.6 is 10.7 Å². The molecule has 4 nitrogen and oxygen atoms in total. The van der Waals surface area contributed by atoms with Crippen LogP contribution in [0.1, 0.15) is 11.5 Å². The quantitative estimate of drug-likeness (QED) is 0.793. The fourth-order valence-corrected chi connectivity index (χ4v) is 2.24. The minimum Gasteiger partial charge on any atom is -0.441 e. The Balaban J connectivity index is 2.37. The Morgan fingerprint density at radius 1 is 1.44 bits per heavy atom. The molecular weight excluding hydrogens is 250 g/mol. The van der Waals surface area contributed by atoms with Gasteiger partial charge in [0.05, 0.1) is 5.75 Å². The van der Waals surface area contributed by atoms with Crippen molar-refractivity contribution in [3.05, 3.63) is 29.7 Å². The molecule has 0 aliphatic carbocycles. The van der Waals surface area contributed by atoms with Gasteiger partial charge in [-0.2, -0.15) is 0 Å². The summed E-state index contributed by atoms with van der Waals surface area (Å²) in [6, 6.07) is 5.46. The van der Waals surface area contributed by atoms with Gasteiger partial charge in [-0.25, -0.2) is 13.4 Å². The van der Waals surface area contributed by atoms with Crippen LogP contribution in [0, 0.1) is 6.92 Å². The SMILES string of the molecule is Cc1nc2cccc(CCS(=O)(=O)Cl)c2o1. The number of nitrogens with zero attached hydrogens (tertiary/aromatic N) is 1. The Bertz CT molecular complexity index is 618. The predicted molar refractivity (Wildman–Crippen MR) is 62.1 cm³/mol. The van der Waals surface area contributed by atoms with Crippen LogP contribution in [0.3, 0.4) is 0 Å². The lowest BCUT2D eigenvalue weighted by atomic mass is 10.1. The molecule has 6 heteroatoms. The summed E-state index contributed by atoms with van der Waals surface area (Å²) in [6.45, 7) is 1.75. The Morgan fingerprint density at radius 3 is 2.88 bits per heavy atom. The van der Waals surface area contributed by atoms with Crippen molar-refractivity contribution < 1.29 is 12.8 Å². The first-order valence-electron chi connectivity index (χ1n) is 4.73. The molecule has 0 saturated carbocycles. The molecule has 2 aromatic rings. The maximum absolute atomic E-state index is 10.9. The number of aryl methyl sites for hydroxylation is 2. The van der Waals surface area contributed by atoms with Crippen LogP contribution in [0.5, 0.6) is 0 Å². The van der Waals surface area contributed by atoms with Gasteiger partial charge in [-0.05, 0) is 18.1 Å². The maximum atomic E-state index is 10.9. The van der Waals surface area contributed by atoms with Crippen molar-refractivity contribution in [1.29, 1.82) is 0 Å². The number of para-hydroxylation sites is 1. The number of hydrogen-bond donors (Lipinski definition) is 0. The van der Waals surface area contributed by atoms with Gasteiger partial charge in [0.2, 0.25) is 9.05 Å². The second kappa shape index (κ2) is 4.07. The standard InChI is InChI=1S/C10H10ClNO3S/c1-7-12-9-4-2-3-8(10(9)15-7)5-6-16(11,13)14/h2-4H,5-6H2,1H3. The van der Waals surface area contributed by atoms with Gasteiger partial charge in [0.1, 0.15) is 5.52 Å². The van der Waals surface area contributed by atoms with E-state index >= 15 is 0 Å². The van der Waals surface area contributed by atoms with Crippen LogP contribution in [-0.4, -0.2) is 19.2 Å². The molecule has 0 N–H and O–H groups in total. The van der Waals surface area contributed by atoms with E-state index in [2.05, 4.69) is 4.98 Å². The van der Waals surface area contributed by atoms with Gasteiger partial charge in [0.25, 0.3) is 0 Å². The molecule has 1 aromatic heterocycles. The fourth-order valence-electron chi connectivity index (χ4n) is 1.55. The van der Waals surface area contributed by atoms with E-state index in [-0.39, 0.29) is 5.75 Å². The zero-order valence-corrected chi connectivity index (χ0v) is 10.2. The Labute approximate surface area is 97.7 Å². The molecule has 0 aliphatic rings. The average molecular weight is 260 g/mol. The van der Waals surface area contributed by atoms with E-state index in [0.717, 1.165) is 11.1 Å². The molecule has 0 fully saturated rings. The Morgan fingerprint density at radius 2 is 2.19 bits per heavy atom. The van der Waals surface area contributed by atoms with Crippen LogP contribution in [0.4, 0.5) is 0 Å². The van der Waals surface area contributed by atoms with Crippen molar-refractivity contribution >= 4 is 30.8 Å². The third-order valence-electron chi connectivity index (χ3n) is 2.22. The van der Waals surface area contributed by atoms with Crippen molar-refractivity contribution in [3.8, 4) is 0 Å². The summed E-state index contributed by atoms with van der Waals surface area (Å²) in [7, 11) is 1.69. The minimum atomic E-state index is -3.47. The van der Waals surface area contributed by atoms with Gasteiger partial charge < -0.3 is 4.42 Å². The number of aromatic nitrogens is 1. The maximum Gasteiger partial charge on any atom is 0.232 e. The summed E-state index contributed by atoms with van der Waals surface area (Å²) in [4.78, 5) is 4.17. The van der Waals surface area contributed by atoms with Gasteiger partial charge >= 0.3 is 0 Å². The van der Waals surface area contributed by atoms with Crippen molar-refractivity contribution in [2.24, 2.45) is 0 Å². The molecule has 0 radical (unpaired) electrons. The van der Waals surface area contributed by atoms with E-state index in [1.807, 2.05) is 18.2 Å². The molecule has 16 heavy (non-hydrogen) atoms. The van der Waals surface area contributed by atoms with E-state index < -0.39 is 9.05 Å². The lowest BCUT2D eigenvalue weighted by Gasteiger charge is -1.99. The number of halogens is 1. The minimum absolute atomic E-state index is 0.104. The van der Waals surface area contributed by atoms with Gasteiger partial charge in [0, 0.05) is 17.6 Å². The third-order valence-corrected chi connectivity index (χ3v) is 3.37. The van der Waals surface area contributed by atoms with E-state index in [4.69, 9.17) is 15.1 Å². The first-order chi connectivity index (χ1) is 7.46. The second-order valence-electron chi connectivity index (χ2n) is 3.49. The van der Waals surface area contributed by atoms with Crippen LogP contribution in [-0.2, 0) is 15.5 Å². The molecular formula is C10H10ClNO3S. The van der Waals surface area contributed by atoms with Crippen molar-refractivity contribution in [2.45, 2.75) is 13.3 Å². The summed E-state index contributed by atoms with van der Waals surface area (Å²) in [5.74, 6) is 0.462. The van der Waals surface area contributed by atoms with Crippen molar-refractivity contribution in [1.82, 2.24) is 4.98 Å². The summed E-state index contributed by atoms with van der Waals surface area (Å²) in [6.07, 6.45) is 0.331. The van der Waals surface area contributed by atoms with Gasteiger partial charge in [-0.1, -0.05) is 12.1 Å². The molecule has 0 unspecified atom stereocenters. The highest BCUT2D eigenvalue weighted by molar-refractivity contribution is 8.13. The third kappa shape index (κ3) is 2.54. The van der Waals surface area contributed by atoms with Crippen LogP contribution in [0.15, 0.2) is 22.6 Å². The Kier molecular flexibility index (Phi) is 2.90. The highest BCUT2D eigenvalue weighted by atomic mass is 35.7. The molecule has 0 aliphatic heterocycles. The molecule has 0 amide bonds. The number of rotatable bonds is 3. The van der Waals surface area contributed by atoms with Crippen molar-refractivity contribution in [3.63, 3.8) is 0 Å². The molecule has 0 atom stereocenters. The average Bonchev–Trinajstić information content (AvgIpc) is 2.54. The van der Waals surface area contributed by atoms with Crippen LogP contribution in [0.2, 0.25) is 0 Å². The number of oxazole rings is 1. The normalized spacial score (nSPS) is 12.1. The highest BCUT2D eigenvalue weighted by Gasteiger charge is 2.11. The summed E-state index contributed by atoms with van der Waals surface area (Å²) in [5.41, 5.74) is 2.18. The zero-order valence-electron chi connectivity index (χ0n) is 8.60. The van der Waals surface area contributed by atoms with Crippen molar-refractivity contribution in [2.75, 3.05) is 5.75 Å². The number of fused-ring (bicyclic) bond motifs is 1. The van der Waals surface area contributed by atoms with Crippen LogP contribution < -0.4 is 0 Å². The monoisotopic (exact) mass is 259 g/mol. The summed E-state index contributed by atoms with van der Waals surface area (Å²) in [5, 5.41) is 0. The lowest BCUT2D eigenvalue weighted by Crippen LogP contribution is -2.01. The molecule has 2 rings (SSSR count). The van der Waals surface area contributed by atoms with E-state index in [1.54, 1.807) is 6.92 Å². The van der Waals surface area contributed by atoms with Gasteiger partial charge in [0.15, 0.2) is 11.5 Å². The number of benzene rings is 1.